The van der Waals surface area contributed by atoms with Crippen molar-refractivity contribution in [2.45, 2.75) is 37.9 Å². The molecule has 4 nitrogen and oxygen atoms in total. The van der Waals surface area contributed by atoms with Crippen LogP contribution in [0.15, 0.2) is 0 Å². The Bertz CT molecular complexity index is 133. The smallest absolute Gasteiger partial charge is 0.156 e. The number of aliphatic hydroxyl groups is 2. The van der Waals surface area contributed by atoms with Crippen molar-refractivity contribution in [3.05, 3.63) is 0 Å². The topological polar surface area (TPSA) is 52.9 Å². The number of nitrogens with zero attached hydrogens (tertiary/aromatic N) is 1. The summed E-state index contributed by atoms with van der Waals surface area (Å²) in [6.45, 7) is 1.68. The van der Waals surface area contributed by atoms with E-state index in [0.717, 1.165) is 0 Å². The summed E-state index contributed by atoms with van der Waals surface area (Å²) in [4.78, 5) is 1.97. The molecule has 0 saturated carbocycles. The van der Waals surface area contributed by atoms with Gasteiger partial charge in [-0.3, -0.25) is 0 Å². The van der Waals surface area contributed by atoms with Gasteiger partial charge in [0.25, 0.3) is 0 Å². The number of rotatable bonds is 2. The molecule has 1 saturated heterocycles. The Kier molecular flexibility index (Phi) is 3.06. The summed E-state index contributed by atoms with van der Waals surface area (Å²) in [5, 5.41) is 18.5. The van der Waals surface area contributed by atoms with Crippen LogP contribution in [-0.4, -0.2) is 53.7 Å². The van der Waals surface area contributed by atoms with Gasteiger partial charge in [0.15, 0.2) is 6.29 Å². The summed E-state index contributed by atoms with van der Waals surface area (Å²) in [6.07, 6.45) is -0.954. The Morgan fingerprint density at radius 3 is 2.42 bits per heavy atom. The Morgan fingerprint density at radius 1 is 1.50 bits per heavy atom. The Balaban J connectivity index is 2.59. The maximum atomic E-state index is 9.33. The number of aliphatic hydroxyl groups excluding tert-OH is 2. The highest BCUT2D eigenvalue weighted by Crippen LogP contribution is 2.24. The molecule has 2 N–H and O–H groups in total. The monoisotopic (exact) mass is 175 g/mol. The molecule has 12 heavy (non-hydrogen) atoms. The summed E-state index contributed by atoms with van der Waals surface area (Å²) in [7, 11) is 3.84. The minimum atomic E-state index is -0.725. The number of likely N-dealkylation sites (N-methyl/N-ethyl adjacent to an activating group) is 1. The third-order valence-electron chi connectivity index (χ3n) is 2.28. The van der Waals surface area contributed by atoms with Gasteiger partial charge in [0, 0.05) is 12.5 Å². The van der Waals surface area contributed by atoms with Gasteiger partial charge in [0.1, 0.15) is 6.10 Å². The van der Waals surface area contributed by atoms with Crippen LogP contribution in [0.3, 0.4) is 0 Å². The van der Waals surface area contributed by atoms with Gasteiger partial charge in [-0.1, -0.05) is 0 Å². The first kappa shape index (κ1) is 9.92. The quantitative estimate of drug-likeness (QED) is 0.588. The van der Waals surface area contributed by atoms with Gasteiger partial charge in [0.2, 0.25) is 0 Å². The first-order valence-corrected chi connectivity index (χ1v) is 4.20. The predicted molar refractivity (Wildman–Crippen MR) is 44.7 cm³/mol. The van der Waals surface area contributed by atoms with Gasteiger partial charge in [0.05, 0.1) is 6.10 Å². The molecule has 0 aromatic rings. The van der Waals surface area contributed by atoms with E-state index in [-0.39, 0.29) is 12.1 Å². The molecule has 0 unspecified atom stereocenters. The number of hydrogen-bond donors (Lipinski definition) is 2. The molecule has 0 amide bonds. The fraction of sp³-hybridized carbons (Fsp3) is 1.00. The average molecular weight is 175 g/mol. The third-order valence-corrected chi connectivity index (χ3v) is 2.28. The Labute approximate surface area is 72.7 Å². The van der Waals surface area contributed by atoms with Crippen molar-refractivity contribution in [3.8, 4) is 0 Å². The third kappa shape index (κ3) is 1.95. The molecule has 0 aliphatic carbocycles. The van der Waals surface area contributed by atoms with Gasteiger partial charge >= 0.3 is 0 Å². The fourth-order valence-corrected chi connectivity index (χ4v) is 1.61. The van der Waals surface area contributed by atoms with Crippen LogP contribution in [0.4, 0.5) is 0 Å². The van der Waals surface area contributed by atoms with Crippen LogP contribution in [0.5, 0.6) is 0 Å². The van der Waals surface area contributed by atoms with Crippen molar-refractivity contribution < 1.29 is 14.9 Å². The number of ether oxygens (including phenoxy) is 1. The predicted octanol–water partition coefficient (Wildman–Crippen LogP) is -0.595. The molecule has 0 aromatic carbocycles. The summed E-state index contributed by atoms with van der Waals surface area (Å²) in [5.41, 5.74) is 0. The molecule has 1 fully saturated rings. The molecule has 0 spiro atoms. The maximum absolute atomic E-state index is 9.33. The molecule has 0 radical (unpaired) electrons. The van der Waals surface area contributed by atoms with Crippen molar-refractivity contribution in [1.82, 2.24) is 4.90 Å². The molecular weight excluding hydrogens is 158 g/mol. The van der Waals surface area contributed by atoms with E-state index < -0.39 is 12.4 Å². The van der Waals surface area contributed by atoms with Crippen LogP contribution >= 0.6 is 0 Å². The normalized spacial score (nSPS) is 39.0. The van der Waals surface area contributed by atoms with Gasteiger partial charge in [-0.05, 0) is 21.0 Å². The van der Waals surface area contributed by atoms with Crippen LogP contribution < -0.4 is 0 Å². The SMILES string of the molecule is C[C@@H](O)[C@@H]1O[C@@H](O)C[C@H]1N(C)C. The summed E-state index contributed by atoms with van der Waals surface area (Å²) in [5.74, 6) is 0. The number of hydrogen-bond acceptors (Lipinski definition) is 4. The van der Waals surface area contributed by atoms with E-state index in [9.17, 15) is 10.2 Å². The lowest BCUT2D eigenvalue weighted by Crippen LogP contribution is -2.41. The van der Waals surface area contributed by atoms with Gasteiger partial charge < -0.3 is 19.8 Å². The van der Waals surface area contributed by atoms with E-state index in [0.29, 0.717) is 6.42 Å². The molecule has 1 heterocycles. The van der Waals surface area contributed by atoms with Gasteiger partial charge in [-0.2, -0.15) is 0 Å². The van der Waals surface area contributed by atoms with Crippen LogP contribution in [0.1, 0.15) is 13.3 Å². The maximum Gasteiger partial charge on any atom is 0.156 e. The van der Waals surface area contributed by atoms with Gasteiger partial charge in [-0.15, -0.1) is 0 Å². The van der Waals surface area contributed by atoms with E-state index in [4.69, 9.17) is 4.74 Å². The molecule has 72 valence electrons. The highest BCUT2D eigenvalue weighted by molar-refractivity contribution is 4.87. The summed E-state index contributed by atoms with van der Waals surface area (Å²) in [6, 6.07) is 0.111. The molecule has 1 rings (SSSR count). The van der Waals surface area contributed by atoms with Crippen LogP contribution in [0.25, 0.3) is 0 Å². The molecule has 1 aliphatic rings. The first-order valence-electron chi connectivity index (χ1n) is 4.20. The first-order chi connectivity index (χ1) is 5.52. The van der Waals surface area contributed by atoms with Crippen molar-refractivity contribution in [3.63, 3.8) is 0 Å². The van der Waals surface area contributed by atoms with E-state index >= 15 is 0 Å². The van der Waals surface area contributed by atoms with E-state index in [2.05, 4.69) is 0 Å². The lowest BCUT2D eigenvalue weighted by atomic mass is 10.1. The fourth-order valence-electron chi connectivity index (χ4n) is 1.61. The highest BCUT2D eigenvalue weighted by Gasteiger charge is 2.38. The second kappa shape index (κ2) is 3.70. The molecule has 0 bridgehead atoms. The highest BCUT2D eigenvalue weighted by atomic mass is 16.6. The standard InChI is InChI=1S/C8H17NO3/c1-5(10)8-6(9(2)3)4-7(11)12-8/h5-8,10-11H,4H2,1-3H3/t5-,6-,7-,8+/m1/s1. The molecule has 4 atom stereocenters. The van der Waals surface area contributed by atoms with Crippen molar-refractivity contribution in [1.29, 1.82) is 0 Å². The zero-order valence-electron chi connectivity index (χ0n) is 7.77. The summed E-state index contributed by atoms with van der Waals surface area (Å²) < 4.78 is 5.16. The zero-order valence-corrected chi connectivity index (χ0v) is 7.77. The van der Waals surface area contributed by atoms with Crippen LogP contribution in [0, 0.1) is 0 Å². The van der Waals surface area contributed by atoms with Crippen LogP contribution in [-0.2, 0) is 4.74 Å². The largest absolute Gasteiger partial charge is 0.391 e. The zero-order chi connectivity index (χ0) is 9.30. The average Bonchev–Trinajstić information content (AvgIpc) is 2.31. The van der Waals surface area contributed by atoms with Crippen molar-refractivity contribution >= 4 is 0 Å². The lowest BCUT2D eigenvalue weighted by Gasteiger charge is -2.26. The minimum absolute atomic E-state index is 0.111. The van der Waals surface area contributed by atoms with E-state index in [1.165, 1.54) is 0 Å². The molecular formula is C8H17NO3. The van der Waals surface area contributed by atoms with E-state index in [1.807, 2.05) is 19.0 Å². The van der Waals surface area contributed by atoms with Crippen molar-refractivity contribution in [2.75, 3.05) is 14.1 Å². The Morgan fingerprint density at radius 2 is 2.08 bits per heavy atom. The summed E-state index contributed by atoms with van der Waals surface area (Å²) >= 11 is 0. The second-order valence-electron chi connectivity index (χ2n) is 3.56. The van der Waals surface area contributed by atoms with E-state index in [1.54, 1.807) is 6.92 Å². The Hall–Kier alpha value is -0.160. The van der Waals surface area contributed by atoms with Gasteiger partial charge in [-0.25, -0.2) is 0 Å². The van der Waals surface area contributed by atoms with Crippen LogP contribution in [0.2, 0.25) is 0 Å². The molecule has 0 aromatic heterocycles. The van der Waals surface area contributed by atoms with Crippen molar-refractivity contribution in [2.24, 2.45) is 0 Å². The molecule has 4 heteroatoms. The lowest BCUT2D eigenvalue weighted by molar-refractivity contribution is -0.121. The second-order valence-corrected chi connectivity index (χ2v) is 3.56. The minimum Gasteiger partial charge on any atom is -0.391 e. The molecule has 1 aliphatic heterocycles.